The van der Waals surface area contributed by atoms with Gasteiger partial charge in [0.1, 0.15) is 5.58 Å². The highest BCUT2D eigenvalue weighted by molar-refractivity contribution is 5.96. The molecular weight excluding hydrogens is 378 g/mol. The van der Waals surface area contributed by atoms with E-state index in [0.29, 0.717) is 11.6 Å². The van der Waals surface area contributed by atoms with Crippen LogP contribution in [-0.2, 0) is 4.74 Å². The van der Waals surface area contributed by atoms with Gasteiger partial charge in [-0.1, -0.05) is 12.1 Å². The first kappa shape index (κ1) is 19.3. The molecule has 1 aliphatic heterocycles. The lowest BCUT2D eigenvalue weighted by Crippen LogP contribution is -2.47. The molecule has 0 unspecified atom stereocenters. The smallest absolute Gasteiger partial charge is 0.251 e. The SMILES string of the molecule is O=C(NC1CCC(N2CCOCC2)CC1)c1ccc(-c2nccc3occc23)cc1. The van der Waals surface area contributed by atoms with Crippen molar-refractivity contribution in [2.24, 2.45) is 0 Å². The summed E-state index contributed by atoms with van der Waals surface area (Å²) in [4.78, 5) is 19.8. The Morgan fingerprint density at radius 2 is 1.77 bits per heavy atom. The number of rotatable bonds is 4. The van der Waals surface area contributed by atoms with Gasteiger partial charge in [-0.3, -0.25) is 14.7 Å². The average Bonchev–Trinajstić information content (AvgIpc) is 3.29. The molecule has 1 aliphatic carbocycles. The molecule has 0 spiro atoms. The van der Waals surface area contributed by atoms with Crippen molar-refractivity contribution in [1.82, 2.24) is 15.2 Å². The van der Waals surface area contributed by atoms with Gasteiger partial charge in [-0.2, -0.15) is 0 Å². The van der Waals surface area contributed by atoms with Crippen molar-refractivity contribution in [2.45, 2.75) is 37.8 Å². The summed E-state index contributed by atoms with van der Waals surface area (Å²) in [5.41, 5.74) is 3.35. The predicted molar refractivity (Wildman–Crippen MR) is 115 cm³/mol. The number of nitrogens with zero attached hydrogens (tertiary/aromatic N) is 2. The van der Waals surface area contributed by atoms with Gasteiger partial charge in [0.2, 0.25) is 0 Å². The number of amides is 1. The van der Waals surface area contributed by atoms with E-state index in [1.165, 1.54) is 0 Å². The van der Waals surface area contributed by atoms with E-state index < -0.39 is 0 Å². The normalized spacial score (nSPS) is 22.8. The summed E-state index contributed by atoms with van der Waals surface area (Å²) in [6.07, 6.45) is 7.78. The highest BCUT2D eigenvalue weighted by Gasteiger charge is 2.27. The molecule has 1 saturated carbocycles. The molecule has 156 valence electrons. The molecule has 6 nitrogen and oxygen atoms in total. The first-order valence-corrected chi connectivity index (χ1v) is 10.8. The lowest BCUT2D eigenvalue weighted by Gasteiger charge is -2.38. The topological polar surface area (TPSA) is 67.6 Å². The van der Waals surface area contributed by atoms with Gasteiger partial charge in [-0.25, -0.2) is 0 Å². The summed E-state index contributed by atoms with van der Waals surface area (Å²) in [6.45, 7) is 3.76. The molecule has 6 heteroatoms. The number of hydrogen-bond acceptors (Lipinski definition) is 5. The van der Waals surface area contributed by atoms with Crippen LogP contribution in [0.2, 0.25) is 0 Å². The summed E-state index contributed by atoms with van der Waals surface area (Å²) >= 11 is 0. The molecule has 2 aromatic heterocycles. The Morgan fingerprint density at radius 3 is 2.53 bits per heavy atom. The maximum absolute atomic E-state index is 12.7. The van der Waals surface area contributed by atoms with E-state index in [2.05, 4.69) is 15.2 Å². The number of fused-ring (bicyclic) bond motifs is 1. The molecule has 5 rings (SSSR count). The number of furan rings is 1. The van der Waals surface area contributed by atoms with E-state index in [9.17, 15) is 4.79 Å². The minimum Gasteiger partial charge on any atom is -0.464 e. The van der Waals surface area contributed by atoms with Gasteiger partial charge < -0.3 is 14.5 Å². The van der Waals surface area contributed by atoms with E-state index in [-0.39, 0.29) is 11.9 Å². The zero-order valence-electron chi connectivity index (χ0n) is 17.0. The number of ether oxygens (including phenoxy) is 1. The fraction of sp³-hybridized carbons (Fsp3) is 0.417. The number of carbonyl (C=O) groups is 1. The maximum Gasteiger partial charge on any atom is 0.251 e. The zero-order valence-corrected chi connectivity index (χ0v) is 17.0. The second-order valence-electron chi connectivity index (χ2n) is 8.20. The van der Waals surface area contributed by atoms with E-state index in [1.807, 2.05) is 36.4 Å². The van der Waals surface area contributed by atoms with Gasteiger partial charge in [0.15, 0.2) is 0 Å². The van der Waals surface area contributed by atoms with Crippen LogP contribution in [0, 0.1) is 0 Å². The molecule has 3 aromatic rings. The second kappa shape index (κ2) is 8.58. The van der Waals surface area contributed by atoms with Crippen molar-refractivity contribution in [3.05, 3.63) is 54.4 Å². The van der Waals surface area contributed by atoms with Crippen molar-refractivity contribution >= 4 is 16.9 Å². The van der Waals surface area contributed by atoms with Crippen LogP contribution in [0.15, 0.2) is 53.3 Å². The first-order valence-electron chi connectivity index (χ1n) is 10.8. The number of carbonyl (C=O) groups excluding carboxylic acids is 1. The van der Waals surface area contributed by atoms with E-state index in [4.69, 9.17) is 9.15 Å². The van der Waals surface area contributed by atoms with Gasteiger partial charge in [-0.05, 0) is 49.9 Å². The Kier molecular flexibility index (Phi) is 5.51. The fourth-order valence-electron chi connectivity index (χ4n) is 4.70. The quantitative estimate of drug-likeness (QED) is 0.714. The Morgan fingerprint density at radius 1 is 1.00 bits per heavy atom. The zero-order chi connectivity index (χ0) is 20.3. The van der Waals surface area contributed by atoms with Crippen molar-refractivity contribution in [3.8, 4) is 11.3 Å². The third-order valence-electron chi connectivity index (χ3n) is 6.39. The summed E-state index contributed by atoms with van der Waals surface area (Å²) in [5.74, 6) is 0.00542. The molecule has 3 heterocycles. The number of hydrogen-bond donors (Lipinski definition) is 1. The summed E-state index contributed by atoms with van der Waals surface area (Å²) in [7, 11) is 0. The van der Waals surface area contributed by atoms with Gasteiger partial charge in [-0.15, -0.1) is 0 Å². The monoisotopic (exact) mass is 405 g/mol. The Bertz CT molecular complexity index is 1000. The van der Waals surface area contributed by atoms with E-state index in [1.54, 1.807) is 12.5 Å². The number of aromatic nitrogens is 1. The van der Waals surface area contributed by atoms with Crippen LogP contribution >= 0.6 is 0 Å². The predicted octanol–water partition coefficient (Wildman–Crippen LogP) is 3.87. The summed E-state index contributed by atoms with van der Waals surface area (Å²) < 4.78 is 10.9. The Labute approximate surface area is 176 Å². The molecule has 0 radical (unpaired) electrons. The molecular formula is C24H27N3O3. The number of nitrogens with one attached hydrogen (secondary N) is 1. The minimum atomic E-state index is 0.00542. The van der Waals surface area contributed by atoms with Crippen LogP contribution in [0.25, 0.3) is 22.2 Å². The second-order valence-corrected chi connectivity index (χ2v) is 8.20. The minimum absolute atomic E-state index is 0.00542. The van der Waals surface area contributed by atoms with Crippen LogP contribution < -0.4 is 5.32 Å². The highest BCUT2D eigenvalue weighted by atomic mass is 16.5. The van der Waals surface area contributed by atoms with Crippen LogP contribution in [0.5, 0.6) is 0 Å². The average molecular weight is 405 g/mol. The van der Waals surface area contributed by atoms with Crippen LogP contribution in [-0.4, -0.2) is 54.2 Å². The van der Waals surface area contributed by atoms with Gasteiger partial charge in [0.05, 0.1) is 25.2 Å². The van der Waals surface area contributed by atoms with Crippen molar-refractivity contribution in [3.63, 3.8) is 0 Å². The number of pyridine rings is 1. The van der Waals surface area contributed by atoms with Gasteiger partial charge >= 0.3 is 0 Å². The summed E-state index contributed by atoms with van der Waals surface area (Å²) in [6, 6.07) is 12.4. The molecule has 1 aromatic carbocycles. The molecule has 1 amide bonds. The highest BCUT2D eigenvalue weighted by Crippen LogP contribution is 2.28. The Balaban J connectivity index is 1.19. The number of morpholine rings is 1. The molecule has 0 atom stereocenters. The lowest BCUT2D eigenvalue weighted by molar-refractivity contribution is 0.00665. The van der Waals surface area contributed by atoms with Crippen molar-refractivity contribution in [1.29, 1.82) is 0 Å². The third-order valence-corrected chi connectivity index (χ3v) is 6.39. The van der Waals surface area contributed by atoms with Crippen molar-refractivity contribution in [2.75, 3.05) is 26.3 Å². The molecule has 2 aliphatic rings. The molecule has 30 heavy (non-hydrogen) atoms. The van der Waals surface area contributed by atoms with E-state index >= 15 is 0 Å². The number of benzene rings is 1. The van der Waals surface area contributed by atoms with Crippen LogP contribution in [0.3, 0.4) is 0 Å². The van der Waals surface area contributed by atoms with Gasteiger partial charge in [0.25, 0.3) is 5.91 Å². The van der Waals surface area contributed by atoms with Crippen molar-refractivity contribution < 1.29 is 13.9 Å². The molecule has 1 saturated heterocycles. The van der Waals surface area contributed by atoms with E-state index in [0.717, 1.165) is 74.2 Å². The standard InChI is InChI=1S/C24H27N3O3/c28-24(26-19-5-7-20(8-6-19)27-12-15-29-16-13-27)18-3-1-17(2-4-18)23-21-10-14-30-22(21)9-11-25-23/h1-4,9-11,14,19-20H,5-8,12-13,15-16H2,(H,26,28). The largest absolute Gasteiger partial charge is 0.464 e. The van der Waals surface area contributed by atoms with Crippen LogP contribution in [0.4, 0.5) is 0 Å². The van der Waals surface area contributed by atoms with Crippen LogP contribution in [0.1, 0.15) is 36.0 Å². The Hall–Kier alpha value is -2.70. The first-order chi connectivity index (χ1) is 14.8. The summed E-state index contributed by atoms with van der Waals surface area (Å²) in [5, 5.41) is 4.21. The molecule has 0 bridgehead atoms. The third kappa shape index (κ3) is 3.98. The maximum atomic E-state index is 12.7. The fourth-order valence-corrected chi connectivity index (χ4v) is 4.70. The molecule has 2 fully saturated rings. The molecule has 1 N–H and O–H groups in total. The lowest BCUT2D eigenvalue weighted by atomic mass is 9.89. The van der Waals surface area contributed by atoms with Gasteiger partial charge in [0, 0.05) is 47.9 Å².